The second kappa shape index (κ2) is 1.61. The van der Waals surface area contributed by atoms with Crippen molar-refractivity contribution in [2.75, 3.05) is 0 Å². The van der Waals surface area contributed by atoms with Crippen molar-refractivity contribution in [3.05, 3.63) is 0 Å². The zero-order valence-corrected chi connectivity index (χ0v) is 5.96. The average molecular weight is 153 g/mol. The molecule has 0 saturated heterocycles. The van der Waals surface area contributed by atoms with Crippen molar-refractivity contribution in [3.8, 4) is 0 Å². The summed E-state index contributed by atoms with van der Waals surface area (Å²) >= 11 is 11.0. The second-order valence-electron chi connectivity index (χ2n) is 2.15. The Morgan fingerprint density at radius 3 is 2.25 bits per heavy atom. The Labute approximate surface area is 58.0 Å². The molecule has 1 nitrogen and oxygen atoms in total. The van der Waals surface area contributed by atoms with Crippen molar-refractivity contribution < 1.29 is 4.79 Å². The van der Waals surface area contributed by atoms with Crippen LogP contribution in [0.2, 0.25) is 0 Å². The topological polar surface area (TPSA) is 17.1 Å². The number of carbonyl (C=O) groups excluding carboxylic acids is 1. The molecule has 0 aromatic rings. The van der Waals surface area contributed by atoms with Gasteiger partial charge in [0.05, 0.1) is 0 Å². The van der Waals surface area contributed by atoms with Crippen LogP contribution in [-0.4, -0.2) is 10.1 Å². The molecule has 0 bridgehead atoms. The summed E-state index contributed by atoms with van der Waals surface area (Å²) in [4.78, 5) is 10.5. The third-order valence-corrected chi connectivity index (χ3v) is 2.65. The molecule has 1 atom stereocenters. The van der Waals surface area contributed by atoms with E-state index in [1.54, 1.807) is 0 Å². The minimum absolute atomic E-state index is 0.0478. The van der Waals surface area contributed by atoms with Crippen molar-refractivity contribution in [1.82, 2.24) is 0 Å². The summed E-state index contributed by atoms with van der Waals surface area (Å²) in [6.07, 6.45) is 0.535. The van der Waals surface area contributed by atoms with Crippen LogP contribution in [0.15, 0.2) is 0 Å². The first-order chi connectivity index (χ1) is 3.55. The monoisotopic (exact) mass is 152 g/mol. The Hall–Kier alpha value is 0.250. The Kier molecular flexibility index (Phi) is 1.28. The van der Waals surface area contributed by atoms with Crippen LogP contribution in [0.4, 0.5) is 0 Å². The molecule has 1 fully saturated rings. The highest BCUT2D eigenvalue weighted by molar-refractivity contribution is 6.60. The van der Waals surface area contributed by atoms with Crippen molar-refractivity contribution in [2.24, 2.45) is 5.92 Å². The predicted octanol–water partition coefficient (Wildman–Crippen LogP) is 1.77. The van der Waals surface area contributed by atoms with Crippen LogP contribution in [0.1, 0.15) is 13.3 Å². The van der Waals surface area contributed by atoms with Gasteiger partial charge in [0.1, 0.15) is 0 Å². The van der Waals surface area contributed by atoms with Gasteiger partial charge in [-0.15, -0.1) is 0 Å². The van der Waals surface area contributed by atoms with Gasteiger partial charge in [0.25, 0.3) is 0 Å². The zero-order valence-electron chi connectivity index (χ0n) is 4.45. The summed E-state index contributed by atoms with van der Waals surface area (Å²) in [7, 11) is 0. The quantitative estimate of drug-likeness (QED) is 0.484. The van der Waals surface area contributed by atoms with Crippen molar-refractivity contribution in [1.29, 1.82) is 0 Å². The molecule has 0 aliphatic heterocycles. The molecule has 1 unspecified atom stereocenters. The molecule has 1 saturated carbocycles. The number of Topliss-reactive ketones (excluding diaryl/α,β-unsaturated/α-hetero) is 1. The lowest BCUT2D eigenvalue weighted by Crippen LogP contribution is -2.45. The van der Waals surface area contributed by atoms with Gasteiger partial charge in [-0.1, -0.05) is 30.1 Å². The third kappa shape index (κ3) is 0.652. The van der Waals surface area contributed by atoms with Crippen LogP contribution in [0.5, 0.6) is 0 Å². The zero-order chi connectivity index (χ0) is 6.36. The van der Waals surface area contributed by atoms with Crippen LogP contribution in [0, 0.1) is 5.92 Å². The first-order valence-electron chi connectivity index (χ1n) is 2.46. The molecule has 0 aromatic heterocycles. The van der Waals surface area contributed by atoms with Crippen molar-refractivity contribution in [2.45, 2.75) is 17.7 Å². The van der Waals surface area contributed by atoms with Crippen molar-refractivity contribution in [3.63, 3.8) is 0 Å². The van der Waals surface area contributed by atoms with Gasteiger partial charge in [0.2, 0.25) is 0 Å². The standard InChI is InChI=1S/C5H6Cl2O/c1-3-2-4(8)5(3,6)7/h3H,2H2,1H3. The van der Waals surface area contributed by atoms with Crippen LogP contribution in [-0.2, 0) is 4.79 Å². The maximum atomic E-state index is 10.5. The lowest BCUT2D eigenvalue weighted by atomic mass is 9.84. The summed E-state index contributed by atoms with van der Waals surface area (Å²) in [6.45, 7) is 1.86. The summed E-state index contributed by atoms with van der Waals surface area (Å²) in [6, 6.07) is 0. The largest absolute Gasteiger partial charge is 0.296 e. The number of rotatable bonds is 0. The van der Waals surface area contributed by atoms with Gasteiger partial charge >= 0.3 is 0 Å². The molecule has 0 amide bonds. The van der Waals surface area contributed by atoms with Gasteiger partial charge in [-0.3, -0.25) is 4.79 Å². The molecule has 1 rings (SSSR count). The predicted molar refractivity (Wildman–Crippen MR) is 33.2 cm³/mol. The van der Waals surface area contributed by atoms with Crippen LogP contribution in [0.3, 0.4) is 0 Å². The minimum Gasteiger partial charge on any atom is -0.296 e. The van der Waals surface area contributed by atoms with E-state index in [4.69, 9.17) is 23.2 Å². The fourth-order valence-electron chi connectivity index (χ4n) is 0.686. The van der Waals surface area contributed by atoms with E-state index in [-0.39, 0.29) is 11.7 Å². The fourth-order valence-corrected chi connectivity index (χ4v) is 0.995. The highest BCUT2D eigenvalue weighted by atomic mass is 35.5. The van der Waals surface area contributed by atoms with Crippen LogP contribution >= 0.6 is 23.2 Å². The maximum Gasteiger partial charge on any atom is 0.178 e. The fraction of sp³-hybridized carbons (Fsp3) is 0.800. The van der Waals surface area contributed by atoms with Gasteiger partial charge in [0.15, 0.2) is 10.1 Å². The van der Waals surface area contributed by atoms with Gasteiger partial charge in [-0.2, -0.15) is 0 Å². The summed E-state index contributed by atoms with van der Waals surface area (Å²) in [5.41, 5.74) is 0. The first kappa shape index (κ1) is 6.37. The summed E-state index contributed by atoms with van der Waals surface area (Å²) < 4.78 is -1.06. The number of ketones is 1. The van der Waals surface area contributed by atoms with Gasteiger partial charge in [-0.25, -0.2) is 0 Å². The number of hydrogen-bond donors (Lipinski definition) is 0. The van der Waals surface area contributed by atoms with Crippen LogP contribution < -0.4 is 0 Å². The number of halogens is 2. The molecule has 0 N–H and O–H groups in total. The average Bonchev–Trinajstić information content (AvgIpc) is 1.68. The van der Waals surface area contributed by atoms with Gasteiger partial charge in [-0.05, 0) is 0 Å². The number of alkyl halides is 2. The highest BCUT2D eigenvalue weighted by Crippen LogP contribution is 2.43. The molecular formula is C5H6Cl2O. The molecular weight excluding hydrogens is 147 g/mol. The lowest BCUT2D eigenvalue weighted by molar-refractivity contribution is -0.127. The van der Waals surface area contributed by atoms with Crippen molar-refractivity contribution >= 4 is 29.0 Å². The highest BCUT2D eigenvalue weighted by Gasteiger charge is 2.49. The van der Waals surface area contributed by atoms with Gasteiger partial charge in [0, 0.05) is 12.3 Å². The van der Waals surface area contributed by atoms with E-state index in [2.05, 4.69) is 0 Å². The first-order valence-corrected chi connectivity index (χ1v) is 3.22. The Bertz CT molecular complexity index is 130. The SMILES string of the molecule is CC1CC(=O)C1(Cl)Cl. The molecule has 0 spiro atoms. The molecule has 0 radical (unpaired) electrons. The molecule has 46 valence electrons. The van der Waals surface area contributed by atoms with E-state index in [0.717, 1.165) is 0 Å². The molecule has 1 aliphatic rings. The minimum atomic E-state index is -1.06. The summed E-state index contributed by atoms with van der Waals surface area (Å²) in [5.74, 6) is 0.0895. The third-order valence-electron chi connectivity index (χ3n) is 1.48. The Balaban J connectivity index is 2.66. The lowest BCUT2D eigenvalue weighted by Gasteiger charge is -2.34. The summed E-state index contributed by atoms with van der Waals surface area (Å²) in [5, 5.41) is 0. The molecule has 0 aromatic carbocycles. The Morgan fingerprint density at radius 1 is 1.75 bits per heavy atom. The smallest absolute Gasteiger partial charge is 0.178 e. The Morgan fingerprint density at radius 2 is 2.25 bits per heavy atom. The van der Waals surface area contributed by atoms with E-state index in [1.807, 2.05) is 6.92 Å². The van der Waals surface area contributed by atoms with Crippen LogP contribution in [0.25, 0.3) is 0 Å². The second-order valence-corrected chi connectivity index (χ2v) is 3.54. The van der Waals surface area contributed by atoms with E-state index >= 15 is 0 Å². The maximum absolute atomic E-state index is 10.5. The van der Waals surface area contributed by atoms with E-state index in [0.29, 0.717) is 6.42 Å². The normalized spacial score (nSPS) is 34.4. The molecule has 0 heterocycles. The molecule has 1 aliphatic carbocycles. The van der Waals surface area contributed by atoms with E-state index in [9.17, 15) is 4.79 Å². The molecule has 3 heteroatoms. The van der Waals surface area contributed by atoms with Gasteiger partial charge < -0.3 is 0 Å². The van der Waals surface area contributed by atoms with E-state index in [1.165, 1.54) is 0 Å². The molecule has 8 heavy (non-hydrogen) atoms. The number of carbonyl (C=O) groups is 1. The number of hydrogen-bond acceptors (Lipinski definition) is 1. The van der Waals surface area contributed by atoms with E-state index < -0.39 is 4.33 Å².